The highest BCUT2D eigenvalue weighted by Gasteiger charge is 2.35. The molecule has 1 aliphatic rings. The van der Waals surface area contributed by atoms with E-state index in [4.69, 9.17) is 26.4 Å². The standard InChI is InChI=1S/C19H17NO4S2/c1-22-13-6-4-5-12(9-13)10-17-18(21)20(19(25)26-17)15-11-14(23-2)7-8-16(15)24-3/h4-11H,1-3H3/b17-10-. The molecule has 0 aromatic heterocycles. The fourth-order valence-corrected chi connectivity index (χ4v) is 3.81. The van der Waals surface area contributed by atoms with E-state index < -0.39 is 0 Å². The maximum absolute atomic E-state index is 13.0. The highest BCUT2D eigenvalue weighted by atomic mass is 32.2. The highest BCUT2D eigenvalue weighted by Crippen LogP contribution is 2.41. The molecule has 5 nitrogen and oxygen atoms in total. The normalized spacial score (nSPS) is 15.5. The molecular formula is C19H17NO4S2. The van der Waals surface area contributed by atoms with Crippen LogP contribution in [0.4, 0.5) is 5.69 Å². The van der Waals surface area contributed by atoms with E-state index in [9.17, 15) is 4.79 Å². The third kappa shape index (κ3) is 3.54. The van der Waals surface area contributed by atoms with Crippen LogP contribution in [-0.2, 0) is 4.79 Å². The first-order valence-corrected chi connectivity index (χ1v) is 8.94. The molecule has 0 atom stereocenters. The summed E-state index contributed by atoms with van der Waals surface area (Å²) in [6.07, 6.45) is 1.80. The van der Waals surface area contributed by atoms with E-state index in [2.05, 4.69) is 0 Å². The Morgan fingerprint density at radius 1 is 1.00 bits per heavy atom. The SMILES string of the molecule is COc1cccc(/C=C2\SC(=S)N(c3cc(OC)ccc3OC)C2=O)c1. The molecule has 1 heterocycles. The monoisotopic (exact) mass is 387 g/mol. The van der Waals surface area contributed by atoms with Gasteiger partial charge in [0, 0.05) is 6.07 Å². The van der Waals surface area contributed by atoms with E-state index in [0.29, 0.717) is 26.4 Å². The van der Waals surface area contributed by atoms with Gasteiger partial charge in [0.15, 0.2) is 4.32 Å². The van der Waals surface area contributed by atoms with Gasteiger partial charge in [-0.15, -0.1) is 0 Å². The number of thiocarbonyl (C=S) groups is 1. The topological polar surface area (TPSA) is 48.0 Å². The molecule has 0 spiro atoms. The van der Waals surface area contributed by atoms with Crippen LogP contribution in [0.1, 0.15) is 5.56 Å². The van der Waals surface area contributed by atoms with Crippen LogP contribution in [0.5, 0.6) is 17.2 Å². The van der Waals surface area contributed by atoms with Crippen molar-refractivity contribution in [3.05, 3.63) is 52.9 Å². The highest BCUT2D eigenvalue weighted by molar-refractivity contribution is 8.27. The van der Waals surface area contributed by atoms with Crippen LogP contribution in [0.3, 0.4) is 0 Å². The number of benzene rings is 2. The average molecular weight is 387 g/mol. The van der Waals surface area contributed by atoms with Gasteiger partial charge in [-0.25, -0.2) is 0 Å². The van der Waals surface area contributed by atoms with E-state index in [0.717, 1.165) is 11.3 Å². The molecule has 134 valence electrons. The van der Waals surface area contributed by atoms with Crippen molar-refractivity contribution >= 4 is 46.0 Å². The third-order valence-corrected chi connectivity index (χ3v) is 5.11. The molecule has 0 aliphatic carbocycles. The zero-order valence-corrected chi connectivity index (χ0v) is 16.1. The van der Waals surface area contributed by atoms with Gasteiger partial charge in [0.25, 0.3) is 5.91 Å². The zero-order chi connectivity index (χ0) is 18.7. The number of rotatable bonds is 5. The molecule has 1 fully saturated rings. The average Bonchev–Trinajstić information content (AvgIpc) is 2.94. The molecule has 2 aromatic carbocycles. The molecular weight excluding hydrogens is 370 g/mol. The van der Waals surface area contributed by atoms with Gasteiger partial charge in [0.05, 0.1) is 31.9 Å². The van der Waals surface area contributed by atoms with Crippen molar-refractivity contribution < 1.29 is 19.0 Å². The summed E-state index contributed by atoms with van der Waals surface area (Å²) in [6.45, 7) is 0. The summed E-state index contributed by atoms with van der Waals surface area (Å²) >= 11 is 6.68. The van der Waals surface area contributed by atoms with E-state index in [1.165, 1.54) is 16.7 Å². The first kappa shape index (κ1) is 18.3. The molecule has 0 N–H and O–H groups in total. The Labute approximate surface area is 161 Å². The number of hydrogen-bond donors (Lipinski definition) is 0. The van der Waals surface area contributed by atoms with Gasteiger partial charge in [-0.1, -0.05) is 36.1 Å². The fourth-order valence-electron chi connectivity index (χ4n) is 2.53. The van der Waals surface area contributed by atoms with Crippen LogP contribution >= 0.6 is 24.0 Å². The third-order valence-electron chi connectivity index (χ3n) is 3.81. The quantitative estimate of drug-likeness (QED) is 0.568. The van der Waals surface area contributed by atoms with E-state index in [1.54, 1.807) is 45.6 Å². The second-order valence-corrected chi connectivity index (χ2v) is 7.01. The lowest BCUT2D eigenvalue weighted by molar-refractivity contribution is -0.113. The van der Waals surface area contributed by atoms with E-state index in [1.807, 2.05) is 24.3 Å². The predicted molar refractivity (Wildman–Crippen MR) is 108 cm³/mol. The number of nitrogens with zero attached hydrogens (tertiary/aromatic N) is 1. The number of ether oxygens (including phenoxy) is 3. The minimum absolute atomic E-state index is 0.200. The van der Waals surface area contributed by atoms with Crippen LogP contribution in [0, 0.1) is 0 Å². The first-order chi connectivity index (χ1) is 12.6. The summed E-state index contributed by atoms with van der Waals surface area (Å²) in [6, 6.07) is 12.7. The van der Waals surface area contributed by atoms with Crippen LogP contribution in [0.15, 0.2) is 47.4 Å². The summed E-state index contributed by atoms with van der Waals surface area (Å²) in [5, 5.41) is 0. The lowest BCUT2D eigenvalue weighted by atomic mass is 10.2. The molecule has 26 heavy (non-hydrogen) atoms. The number of amides is 1. The van der Waals surface area contributed by atoms with Gasteiger partial charge in [-0.2, -0.15) is 0 Å². The van der Waals surface area contributed by atoms with Crippen molar-refractivity contribution in [3.63, 3.8) is 0 Å². The van der Waals surface area contributed by atoms with Crippen LogP contribution < -0.4 is 19.1 Å². The summed E-state index contributed by atoms with van der Waals surface area (Å²) < 4.78 is 16.3. The lowest BCUT2D eigenvalue weighted by Crippen LogP contribution is -2.28. The Bertz CT molecular complexity index is 895. The van der Waals surface area contributed by atoms with Gasteiger partial charge in [-0.3, -0.25) is 9.69 Å². The Balaban J connectivity index is 1.98. The summed E-state index contributed by atoms with van der Waals surface area (Å²) in [7, 11) is 4.72. The minimum Gasteiger partial charge on any atom is -0.497 e. The van der Waals surface area contributed by atoms with Gasteiger partial charge < -0.3 is 14.2 Å². The van der Waals surface area contributed by atoms with Crippen LogP contribution in [0.25, 0.3) is 6.08 Å². The molecule has 3 rings (SSSR count). The second kappa shape index (κ2) is 7.80. The predicted octanol–water partition coefficient (Wildman–Crippen LogP) is 4.12. The molecule has 0 unspecified atom stereocenters. The number of methoxy groups -OCH3 is 3. The molecule has 7 heteroatoms. The van der Waals surface area contributed by atoms with Crippen molar-refractivity contribution in [2.24, 2.45) is 0 Å². The number of hydrogen-bond acceptors (Lipinski definition) is 6. The molecule has 2 aromatic rings. The Morgan fingerprint density at radius 2 is 1.73 bits per heavy atom. The van der Waals surface area contributed by atoms with Crippen molar-refractivity contribution in [2.75, 3.05) is 26.2 Å². The minimum atomic E-state index is -0.200. The van der Waals surface area contributed by atoms with Crippen molar-refractivity contribution in [1.29, 1.82) is 0 Å². The van der Waals surface area contributed by atoms with Gasteiger partial charge in [0.1, 0.15) is 17.2 Å². The lowest BCUT2D eigenvalue weighted by Gasteiger charge is -2.18. The Morgan fingerprint density at radius 3 is 2.42 bits per heavy atom. The number of anilines is 1. The molecule has 0 saturated carbocycles. The van der Waals surface area contributed by atoms with Crippen LogP contribution in [-0.4, -0.2) is 31.6 Å². The number of carbonyl (C=O) groups is 1. The van der Waals surface area contributed by atoms with Crippen molar-refractivity contribution in [1.82, 2.24) is 0 Å². The smallest absolute Gasteiger partial charge is 0.270 e. The summed E-state index contributed by atoms with van der Waals surface area (Å²) in [5.74, 6) is 1.69. The Kier molecular flexibility index (Phi) is 5.49. The van der Waals surface area contributed by atoms with Gasteiger partial charge >= 0.3 is 0 Å². The number of thioether (sulfide) groups is 1. The maximum atomic E-state index is 13.0. The Hall–Kier alpha value is -2.51. The fraction of sp³-hybridized carbons (Fsp3) is 0.158. The van der Waals surface area contributed by atoms with Gasteiger partial charge in [-0.05, 0) is 35.9 Å². The molecule has 1 amide bonds. The first-order valence-electron chi connectivity index (χ1n) is 7.71. The molecule has 0 bridgehead atoms. The second-order valence-electron chi connectivity index (χ2n) is 5.33. The molecule has 0 radical (unpaired) electrons. The molecule has 1 saturated heterocycles. The maximum Gasteiger partial charge on any atom is 0.270 e. The summed E-state index contributed by atoms with van der Waals surface area (Å²) in [4.78, 5) is 15.0. The van der Waals surface area contributed by atoms with E-state index in [-0.39, 0.29) is 5.91 Å². The largest absolute Gasteiger partial charge is 0.497 e. The number of carbonyl (C=O) groups excluding carboxylic acids is 1. The molecule has 1 aliphatic heterocycles. The van der Waals surface area contributed by atoms with Crippen molar-refractivity contribution in [3.8, 4) is 17.2 Å². The van der Waals surface area contributed by atoms with Gasteiger partial charge in [0.2, 0.25) is 0 Å². The zero-order valence-electron chi connectivity index (χ0n) is 14.5. The van der Waals surface area contributed by atoms with E-state index >= 15 is 0 Å². The van der Waals surface area contributed by atoms with Crippen molar-refractivity contribution in [2.45, 2.75) is 0 Å². The summed E-state index contributed by atoms with van der Waals surface area (Å²) in [5.41, 5.74) is 1.42. The van der Waals surface area contributed by atoms with Crippen LogP contribution in [0.2, 0.25) is 0 Å².